The van der Waals surface area contributed by atoms with Gasteiger partial charge >= 0.3 is 6.18 Å². The standard InChI is InChI=1S/C28H40F4/c1-2-3-4-5-21-6-8-22(9-7-21)10-11-23-12-14-24(15-13-23)26-17-16-25(27(29)20-26)18-19-28(30,31)32/h16-24H,2-15H2,1H3. The quantitative estimate of drug-likeness (QED) is 0.258. The number of hydrogen-bond acceptors (Lipinski definition) is 0. The lowest BCUT2D eigenvalue weighted by Gasteiger charge is -2.32. The topological polar surface area (TPSA) is 0 Å². The second-order valence-corrected chi connectivity index (χ2v) is 10.3. The zero-order chi connectivity index (χ0) is 23.0. The van der Waals surface area contributed by atoms with Crippen molar-refractivity contribution >= 4 is 6.08 Å². The average molecular weight is 453 g/mol. The summed E-state index contributed by atoms with van der Waals surface area (Å²) in [5.41, 5.74) is 0.936. The summed E-state index contributed by atoms with van der Waals surface area (Å²) in [5, 5.41) is 0. The lowest BCUT2D eigenvalue weighted by Crippen LogP contribution is -2.18. The van der Waals surface area contributed by atoms with E-state index in [-0.39, 0.29) is 11.6 Å². The zero-order valence-electron chi connectivity index (χ0n) is 19.6. The summed E-state index contributed by atoms with van der Waals surface area (Å²) in [4.78, 5) is 0. The Morgan fingerprint density at radius 2 is 1.38 bits per heavy atom. The monoisotopic (exact) mass is 452 g/mol. The van der Waals surface area contributed by atoms with E-state index in [9.17, 15) is 17.6 Å². The molecule has 0 atom stereocenters. The van der Waals surface area contributed by atoms with Crippen molar-refractivity contribution in [1.29, 1.82) is 0 Å². The van der Waals surface area contributed by atoms with E-state index in [2.05, 4.69) is 6.92 Å². The molecule has 2 fully saturated rings. The minimum absolute atomic E-state index is 0.000143. The summed E-state index contributed by atoms with van der Waals surface area (Å²) in [6.45, 7) is 2.28. The van der Waals surface area contributed by atoms with Gasteiger partial charge in [-0.2, -0.15) is 13.2 Å². The number of benzene rings is 1. The maximum Gasteiger partial charge on any atom is 0.409 e. The first-order valence-corrected chi connectivity index (χ1v) is 12.9. The number of allylic oxidation sites excluding steroid dienone is 1. The summed E-state index contributed by atoms with van der Waals surface area (Å²) in [5.74, 6) is 2.45. The van der Waals surface area contributed by atoms with Crippen LogP contribution >= 0.6 is 0 Å². The van der Waals surface area contributed by atoms with Gasteiger partial charge in [-0.05, 0) is 67.1 Å². The van der Waals surface area contributed by atoms with Gasteiger partial charge in [0.15, 0.2) is 0 Å². The highest BCUT2D eigenvalue weighted by Gasteiger charge is 2.26. The first kappa shape index (κ1) is 25.3. The second-order valence-electron chi connectivity index (χ2n) is 10.3. The molecule has 0 saturated heterocycles. The number of unbranched alkanes of at least 4 members (excludes halogenated alkanes) is 2. The molecule has 1 aromatic rings. The highest BCUT2D eigenvalue weighted by Crippen LogP contribution is 2.40. The molecule has 2 aliphatic carbocycles. The molecular formula is C28H40F4. The molecular weight excluding hydrogens is 412 g/mol. The van der Waals surface area contributed by atoms with Crippen LogP contribution in [0.15, 0.2) is 24.3 Å². The van der Waals surface area contributed by atoms with Crippen LogP contribution in [-0.4, -0.2) is 6.18 Å². The fourth-order valence-electron chi connectivity index (χ4n) is 5.86. The minimum atomic E-state index is -4.42. The van der Waals surface area contributed by atoms with Crippen LogP contribution < -0.4 is 0 Å². The number of alkyl halides is 3. The van der Waals surface area contributed by atoms with Crippen molar-refractivity contribution in [2.24, 2.45) is 17.8 Å². The van der Waals surface area contributed by atoms with Crippen molar-refractivity contribution in [2.45, 2.75) is 109 Å². The van der Waals surface area contributed by atoms with Crippen LogP contribution in [0, 0.1) is 23.6 Å². The second kappa shape index (κ2) is 12.2. The van der Waals surface area contributed by atoms with Crippen LogP contribution in [0.4, 0.5) is 17.6 Å². The first-order chi connectivity index (χ1) is 15.3. The van der Waals surface area contributed by atoms with Crippen molar-refractivity contribution in [1.82, 2.24) is 0 Å². The Hall–Kier alpha value is -1.32. The fraction of sp³-hybridized carbons (Fsp3) is 0.714. The highest BCUT2D eigenvalue weighted by atomic mass is 19.4. The minimum Gasteiger partial charge on any atom is -0.206 e. The Labute approximate surface area is 191 Å². The zero-order valence-corrected chi connectivity index (χ0v) is 19.6. The summed E-state index contributed by atoms with van der Waals surface area (Å²) in [6, 6.07) is 4.74. The molecule has 0 bridgehead atoms. The van der Waals surface area contributed by atoms with Crippen molar-refractivity contribution in [3.8, 4) is 0 Å². The van der Waals surface area contributed by atoms with Crippen LogP contribution in [0.2, 0.25) is 0 Å². The van der Waals surface area contributed by atoms with Crippen molar-refractivity contribution in [2.75, 3.05) is 0 Å². The number of halogens is 4. The number of hydrogen-bond donors (Lipinski definition) is 0. The van der Waals surface area contributed by atoms with E-state index in [1.807, 2.05) is 6.07 Å². The molecule has 32 heavy (non-hydrogen) atoms. The van der Waals surface area contributed by atoms with Gasteiger partial charge in [0.05, 0.1) is 0 Å². The molecule has 2 saturated carbocycles. The molecule has 180 valence electrons. The summed E-state index contributed by atoms with van der Waals surface area (Å²) in [7, 11) is 0. The molecule has 0 amide bonds. The Morgan fingerprint density at radius 1 is 0.812 bits per heavy atom. The summed E-state index contributed by atoms with van der Waals surface area (Å²) >= 11 is 0. The van der Waals surface area contributed by atoms with Gasteiger partial charge in [0, 0.05) is 11.6 Å². The maximum atomic E-state index is 14.3. The third-order valence-corrected chi connectivity index (χ3v) is 7.96. The van der Waals surface area contributed by atoms with Gasteiger partial charge in [0.1, 0.15) is 5.82 Å². The van der Waals surface area contributed by atoms with Crippen molar-refractivity contribution in [3.63, 3.8) is 0 Å². The smallest absolute Gasteiger partial charge is 0.206 e. The van der Waals surface area contributed by atoms with Crippen molar-refractivity contribution in [3.05, 3.63) is 41.2 Å². The lowest BCUT2D eigenvalue weighted by molar-refractivity contribution is -0.0790. The summed E-state index contributed by atoms with van der Waals surface area (Å²) < 4.78 is 51.3. The predicted molar refractivity (Wildman–Crippen MR) is 125 cm³/mol. The fourth-order valence-corrected chi connectivity index (χ4v) is 5.86. The van der Waals surface area contributed by atoms with Gasteiger partial charge < -0.3 is 0 Å². The molecule has 0 radical (unpaired) electrons. The normalized spacial score (nSPS) is 27.2. The molecule has 2 aliphatic rings. The molecule has 0 aliphatic heterocycles. The maximum absolute atomic E-state index is 14.3. The molecule has 0 N–H and O–H groups in total. The Balaban J connectivity index is 1.37. The van der Waals surface area contributed by atoms with E-state index >= 15 is 0 Å². The van der Waals surface area contributed by atoms with Crippen LogP contribution in [0.25, 0.3) is 6.08 Å². The van der Waals surface area contributed by atoms with Gasteiger partial charge in [-0.1, -0.05) is 83.3 Å². The van der Waals surface area contributed by atoms with E-state index < -0.39 is 12.0 Å². The first-order valence-electron chi connectivity index (χ1n) is 12.9. The molecule has 0 nitrogen and oxygen atoms in total. The van der Waals surface area contributed by atoms with E-state index in [0.29, 0.717) is 5.92 Å². The van der Waals surface area contributed by atoms with Gasteiger partial charge in [0.25, 0.3) is 0 Å². The van der Waals surface area contributed by atoms with E-state index in [1.54, 1.807) is 0 Å². The molecule has 0 aromatic heterocycles. The van der Waals surface area contributed by atoms with Gasteiger partial charge in [-0.15, -0.1) is 0 Å². The van der Waals surface area contributed by atoms with Crippen molar-refractivity contribution < 1.29 is 17.6 Å². The van der Waals surface area contributed by atoms with Crippen LogP contribution in [-0.2, 0) is 0 Å². The predicted octanol–water partition coefficient (Wildman–Crippen LogP) is 9.84. The average Bonchev–Trinajstić information content (AvgIpc) is 2.77. The molecule has 4 heteroatoms. The van der Waals surface area contributed by atoms with E-state index in [4.69, 9.17) is 0 Å². The Kier molecular flexibility index (Phi) is 9.67. The largest absolute Gasteiger partial charge is 0.409 e. The lowest BCUT2D eigenvalue weighted by atomic mass is 9.74. The molecule has 0 heterocycles. The SMILES string of the molecule is CCCCCC1CCC(CCC2CCC(c3ccc(C=CC(F)(F)F)c(F)c3)CC2)CC1. The van der Waals surface area contributed by atoms with Crippen LogP contribution in [0.1, 0.15) is 114 Å². The van der Waals surface area contributed by atoms with E-state index in [0.717, 1.165) is 42.2 Å². The van der Waals surface area contributed by atoms with Gasteiger partial charge in [-0.25, -0.2) is 4.39 Å². The van der Waals surface area contributed by atoms with Gasteiger partial charge in [-0.3, -0.25) is 0 Å². The third kappa shape index (κ3) is 8.23. The summed E-state index contributed by atoms with van der Waals surface area (Å²) in [6.07, 6.45) is 14.9. The van der Waals surface area contributed by atoms with E-state index in [1.165, 1.54) is 89.2 Å². The Morgan fingerprint density at radius 3 is 1.91 bits per heavy atom. The van der Waals surface area contributed by atoms with Gasteiger partial charge in [0.2, 0.25) is 0 Å². The Bertz CT molecular complexity index is 705. The highest BCUT2D eigenvalue weighted by molar-refractivity contribution is 5.51. The third-order valence-electron chi connectivity index (χ3n) is 7.96. The van der Waals surface area contributed by atoms with Crippen LogP contribution in [0.3, 0.4) is 0 Å². The number of rotatable bonds is 9. The van der Waals surface area contributed by atoms with Crippen LogP contribution in [0.5, 0.6) is 0 Å². The molecule has 3 rings (SSSR count). The molecule has 0 spiro atoms. The molecule has 0 unspecified atom stereocenters. The molecule has 1 aromatic carbocycles.